The van der Waals surface area contributed by atoms with Crippen LogP contribution in [0, 0.1) is 0 Å². The maximum absolute atomic E-state index is 14.0. The van der Waals surface area contributed by atoms with E-state index in [1.807, 2.05) is 58.3 Å². The molecule has 4 aliphatic carbocycles. The van der Waals surface area contributed by atoms with Gasteiger partial charge in [0.25, 0.3) is 0 Å². The van der Waals surface area contributed by atoms with Crippen molar-refractivity contribution in [2.75, 3.05) is 98.4 Å². The molecule has 0 atom stereocenters. The highest BCUT2D eigenvalue weighted by Gasteiger charge is 2.54. The maximum Gasteiger partial charge on any atom is 0.314 e. The van der Waals surface area contributed by atoms with Gasteiger partial charge in [0.2, 0.25) is 11.8 Å². The second-order valence-electron chi connectivity index (χ2n) is 21.5. The van der Waals surface area contributed by atoms with Gasteiger partial charge in [0.15, 0.2) is 0 Å². The minimum Gasteiger partial charge on any atom is -0.377 e. The number of carbonyl (C=O) groups is 4. The number of halogens is 4. The van der Waals surface area contributed by atoms with E-state index < -0.39 is 11.1 Å². The molecule has 4 aromatic rings. The first-order valence-corrected chi connectivity index (χ1v) is 29.4. The Balaban J connectivity index is 0.531. The summed E-state index contributed by atoms with van der Waals surface area (Å²) in [6, 6.07) is 24.6. The first kappa shape index (κ1) is 56.2. The first-order valence-electron chi connectivity index (χ1n) is 27.9. The van der Waals surface area contributed by atoms with Gasteiger partial charge in [-0.25, -0.2) is 9.59 Å². The second kappa shape index (κ2) is 25.6. The number of rotatable bonds is 27. The monoisotopic (exact) mass is 1140 g/mol. The van der Waals surface area contributed by atoms with E-state index in [0.29, 0.717) is 137 Å². The number of aryl methyl sites for hydroxylation is 2. The van der Waals surface area contributed by atoms with Gasteiger partial charge < -0.3 is 50.3 Å². The molecule has 0 saturated heterocycles. The molecule has 0 bridgehead atoms. The van der Waals surface area contributed by atoms with Gasteiger partial charge in [0.1, 0.15) is 0 Å². The van der Waals surface area contributed by atoms with E-state index in [1.165, 1.54) is 25.7 Å². The highest BCUT2D eigenvalue weighted by Crippen LogP contribution is 2.46. The number of nitrogens with one attached hydrogen (secondary N) is 6. The van der Waals surface area contributed by atoms with Crippen LogP contribution in [-0.2, 0) is 45.0 Å². The molecule has 418 valence electrons. The highest BCUT2D eigenvalue weighted by atomic mass is 35.5. The molecule has 20 heteroatoms. The van der Waals surface area contributed by atoms with Gasteiger partial charge in [-0.05, 0) is 148 Å². The molecule has 10 rings (SSSR count). The Bertz CT molecular complexity index is 2620. The number of anilines is 4. The third kappa shape index (κ3) is 13.9. The molecule has 0 unspecified atom stereocenters. The van der Waals surface area contributed by atoms with Gasteiger partial charge in [-0.15, -0.1) is 0 Å². The van der Waals surface area contributed by atoms with Crippen molar-refractivity contribution in [3.8, 4) is 0 Å². The number of amides is 6. The average Bonchev–Trinajstić information content (AvgIpc) is 4.25. The highest BCUT2D eigenvalue weighted by molar-refractivity contribution is 6.34. The Hall–Kier alpha value is -5.04. The summed E-state index contributed by atoms with van der Waals surface area (Å²) >= 11 is 27.0. The van der Waals surface area contributed by atoms with Crippen LogP contribution in [0.1, 0.15) is 86.5 Å². The number of hydrogen-bond donors (Lipinski definition) is 6. The third-order valence-corrected chi connectivity index (χ3v) is 17.2. The number of fused-ring (bicyclic) bond motifs is 2. The smallest absolute Gasteiger partial charge is 0.314 e. The standard InChI is InChI=1S/C58H72Cl4N10O6/c59-45-35-41(37-67-57(17-18-57)53(73)71-27-25-69(43-13-14-43)49-9-1-3-11-51(49)71)47(61)33-39(45)7-5-21-63-55(75)65-23-29-77-31-32-78-30-24-66-56(76)64-22-6-8-40-34-48(62)42(36-46(40)60)38-68-58(19-20-58)54(74)72-28-26-70(44-15-16-44)50-10-2-4-12-52(50)72/h1-4,9-12,33-36,43-44,67-68H,5-8,13-32,37-38H2,(H2,63,65,75)(H2,64,66,76). The van der Waals surface area contributed by atoms with E-state index in [-0.39, 0.29) is 23.9 Å². The molecular weight excluding hydrogens is 1070 g/mol. The summed E-state index contributed by atoms with van der Waals surface area (Å²) in [5.41, 5.74) is 6.57. The molecule has 4 fully saturated rings. The molecule has 2 aliphatic heterocycles. The van der Waals surface area contributed by atoms with Crippen LogP contribution in [0.2, 0.25) is 20.1 Å². The molecule has 6 aliphatic rings. The van der Waals surface area contributed by atoms with E-state index in [0.717, 1.165) is 83.8 Å². The molecule has 0 aromatic heterocycles. The van der Waals surface area contributed by atoms with Gasteiger partial charge >= 0.3 is 12.1 Å². The molecule has 0 spiro atoms. The van der Waals surface area contributed by atoms with E-state index in [1.54, 1.807) is 0 Å². The molecule has 2 heterocycles. The molecule has 4 aromatic carbocycles. The lowest BCUT2D eigenvalue weighted by atomic mass is 10.1. The fourth-order valence-electron chi connectivity index (χ4n) is 10.7. The SMILES string of the molecule is O=C(NCCCc1cc(Cl)c(CNC2(C(=O)N3CCN(C4CC4)c4ccccc43)CC2)cc1Cl)NCCOCCOCCNC(=O)NCCCc1cc(Cl)c(CNC2(C(=O)N3CCN(C4CC4)c4ccccc43)CC2)cc1Cl. The summed E-state index contributed by atoms with van der Waals surface area (Å²) in [6.45, 7) is 6.84. The predicted molar refractivity (Wildman–Crippen MR) is 310 cm³/mol. The normalized spacial score (nSPS) is 17.7. The quantitative estimate of drug-likeness (QED) is 0.0317. The van der Waals surface area contributed by atoms with Crippen LogP contribution in [0.3, 0.4) is 0 Å². The maximum atomic E-state index is 14.0. The number of carbonyl (C=O) groups excluding carboxylic acids is 4. The van der Waals surface area contributed by atoms with Gasteiger partial charge in [-0.1, -0.05) is 70.7 Å². The van der Waals surface area contributed by atoms with Crippen LogP contribution in [0.4, 0.5) is 32.3 Å². The number of para-hydroxylation sites is 4. The summed E-state index contributed by atoms with van der Waals surface area (Å²) in [4.78, 5) is 61.5. The van der Waals surface area contributed by atoms with Crippen molar-refractivity contribution < 1.29 is 28.7 Å². The Morgan fingerprint density at radius 2 is 0.833 bits per heavy atom. The number of hydrogen-bond acceptors (Lipinski definition) is 10. The van der Waals surface area contributed by atoms with Gasteiger partial charge in [0.05, 0.1) is 60.3 Å². The minimum absolute atomic E-state index is 0.119. The van der Waals surface area contributed by atoms with Crippen molar-refractivity contribution in [2.45, 2.75) is 113 Å². The number of ether oxygens (including phenoxy) is 2. The van der Waals surface area contributed by atoms with E-state index in [2.05, 4.69) is 66.0 Å². The molecule has 6 amide bonds. The summed E-state index contributed by atoms with van der Waals surface area (Å²) in [5.74, 6) is 0.238. The summed E-state index contributed by atoms with van der Waals surface area (Å²) in [7, 11) is 0. The molecule has 78 heavy (non-hydrogen) atoms. The topological polar surface area (TPSA) is 172 Å². The van der Waals surface area contributed by atoms with E-state index in [4.69, 9.17) is 55.9 Å². The Kier molecular flexibility index (Phi) is 18.5. The van der Waals surface area contributed by atoms with Crippen LogP contribution in [0.5, 0.6) is 0 Å². The fraction of sp³-hybridized carbons (Fsp3) is 0.517. The van der Waals surface area contributed by atoms with E-state index in [9.17, 15) is 19.2 Å². The van der Waals surface area contributed by atoms with Crippen molar-refractivity contribution in [3.05, 3.63) is 115 Å². The molecule has 16 nitrogen and oxygen atoms in total. The van der Waals surface area contributed by atoms with Crippen molar-refractivity contribution in [1.82, 2.24) is 31.9 Å². The third-order valence-electron chi connectivity index (χ3n) is 15.8. The summed E-state index contributed by atoms with van der Waals surface area (Å²) < 4.78 is 11.2. The van der Waals surface area contributed by atoms with Crippen molar-refractivity contribution in [2.24, 2.45) is 0 Å². The average molecular weight is 1150 g/mol. The Labute approximate surface area is 477 Å². The molecule has 6 N–H and O–H groups in total. The lowest BCUT2D eigenvalue weighted by Crippen LogP contribution is -2.53. The van der Waals surface area contributed by atoms with Crippen LogP contribution >= 0.6 is 46.4 Å². The van der Waals surface area contributed by atoms with E-state index >= 15 is 0 Å². The molecular formula is C58H72Cl4N10O6. The Morgan fingerprint density at radius 1 is 0.474 bits per heavy atom. The van der Waals surface area contributed by atoms with Crippen LogP contribution < -0.4 is 51.5 Å². The second-order valence-corrected chi connectivity index (χ2v) is 23.1. The first-order chi connectivity index (χ1) is 37.9. The van der Waals surface area contributed by atoms with Gasteiger partial charge in [-0.3, -0.25) is 20.2 Å². The molecule has 4 saturated carbocycles. The van der Waals surface area contributed by atoms with Crippen LogP contribution in [0.25, 0.3) is 0 Å². The number of urea groups is 2. The number of nitrogens with zero attached hydrogens (tertiary/aromatic N) is 4. The van der Waals surface area contributed by atoms with Crippen LogP contribution in [-0.4, -0.2) is 126 Å². The van der Waals surface area contributed by atoms with Gasteiger partial charge in [-0.2, -0.15) is 0 Å². The largest absolute Gasteiger partial charge is 0.377 e. The zero-order valence-electron chi connectivity index (χ0n) is 44.2. The number of benzene rings is 4. The Morgan fingerprint density at radius 3 is 1.22 bits per heavy atom. The minimum atomic E-state index is -0.601. The van der Waals surface area contributed by atoms with Crippen molar-refractivity contribution >= 4 is 93.0 Å². The zero-order valence-corrected chi connectivity index (χ0v) is 47.2. The predicted octanol–water partition coefficient (Wildman–Crippen LogP) is 8.77. The fourth-order valence-corrected chi connectivity index (χ4v) is 11.8. The summed E-state index contributed by atoms with van der Waals surface area (Å²) in [5, 5.41) is 20.8. The van der Waals surface area contributed by atoms with Gasteiger partial charge in [0, 0.05) is 97.6 Å². The zero-order chi connectivity index (χ0) is 54.2. The lowest BCUT2D eigenvalue weighted by Gasteiger charge is -2.39. The van der Waals surface area contributed by atoms with Crippen molar-refractivity contribution in [3.63, 3.8) is 0 Å². The summed E-state index contributed by atoms with van der Waals surface area (Å²) in [6.07, 6.45) is 10.6. The lowest BCUT2D eigenvalue weighted by molar-refractivity contribution is -0.122. The van der Waals surface area contributed by atoms with Crippen molar-refractivity contribution in [1.29, 1.82) is 0 Å². The molecule has 0 radical (unpaired) electrons. The van der Waals surface area contributed by atoms with Crippen LogP contribution in [0.15, 0.2) is 72.8 Å².